The van der Waals surface area contributed by atoms with Crippen LogP contribution in [0.15, 0.2) is 41.8 Å². The molecule has 0 saturated heterocycles. The topological polar surface area (TPSA) is 88.9 Å². The van der Waals surface area contributed by atoms with E-state index in [4.69, 9.17) is 0 Å². The van der Waals surface area contributed by atoms with Crippen LogP contribution in [0.2, 0.25) is 0 Å². The van der Waals surface area contributed by atoms with Crippen LogP contribution < -0.4 is 10.9 Å². The fourth-order valence-electron chi connectivity index (χ4n) is 2.29. The molecular weight excluding hydrogens is 338 g/mol. The summed E-state index contributed by atoms with van der Waals surface area (Å²) in [6, 6.07) is 11.5. The number of hydrogen-bond donors (Lipinski definition) is 2. The van der Waals surface area contributed by atoms with Gasteiger partial charge in [-0.25, -0.2) is 4.98 Å². The number of amides is 2. The van der Waals surface area contributed by atoms with Crippen LogP contribution in [0.1, 0.15) is 21.9 Å². The van der Waals surface area contributed by atoms with Crippen LogP contribution in [0.3, 0.4) is 0 Å². The second-order valence-corrected chi connectivity index (χ2v) is 6.35. The first kappa shape index (κ1) is 16.8. The molecule has 25 heavy (non-hydrogen) atoms. The maximum atomic E-state index is 12.1. The summed E-state index contributed by atoms with van der Waals surface area (Å²) in [7, 11) is 0. The lowest BCUT2D eigenvalue weighted by atomic mass is 10.2. The molecule has 3 aromatic rings. The number of hydrogen-bond acceptors (Lipinski definition) is 5. The summed E-state index contributed by atoms with van der Waals surface area (Å²) < 4.78 is 1.58. The van der Waals surface area contributed by atoms with Crippen LogP contribution in [-0.2, 0) is 11.3 Å². The summed E-state index contributed by atoms with van der Waals surface area (Å²) in [5.41, 5.74) is 7.68. The highest BCUT2D eigenvalue weighted by molar-refractivity contribution is 7.13. The van der Waals surface area contributed by atoms with E-state index in [1.807, 2.05) is 50.2 Å². The Balaban J connectivity index is 1.57. The quantitative estimate of drug-likeness (QED) is 0.701. The lowest BCUT2D eigenvalue weighted by Gasteiger charge is -2.07. The summed E-state index contributed by atoms with van der Waals surface area (Å²) in [4.78, 5) is 28.3. The molecule has 0 fully saturated rings. The fourth-order valence-corrected chi connectivity index (χ4v) is 3.10. The van der Waals surface area contributed by atoms with Crippen LogP contribution in [-0.4, -0.2) is 26.6 Å². The molecule has 2 amide bonds. The monoisotopic (exact) mass is 355 g/mol. The molecule has 0 radical (unpaired) electrons. The van der Waals surface area contributed by atoms with E-state index < -0.39 is 5.91 Å². The molecular formula is C17H17N5O2S. The van der Waals surface area contributed by atoms with Crippen molar-refractivity contribution in [2.24, 2.45) is 0 Å². The van der Waals surface area contributed by atoms with Crippen molar-refractivity contribution < 1.29 is 9.59 Å². The number of nitrogens with one attached hydrogen (secondary N) is 2. The number of carbonyl (C=O) groups is 2. The van der Waals surface area contributed by atoms with Gasteiger partial charge in [-0.2, -0.15) is 5.10 Å². The third-order valence-corrected chi connectivity index (χ3v) is 4.36. The number of aryl methyl sites for hydroxylation is 2. The minimum atomic E-state index is -0.458. The van der Waals surface area contributed by atoms with Gasteiger partial charge in [0.1, 0.15) is 17.2 Å². The van der Waals surface area contributed by atoms with Crippen molar-refractivity contribution in [3.63, 3.8) is 0 Å². The number of nitrogens with zero attached hydrogens (tertiary/aromatic N) is 3. The Morgan fingerprint density at radius 2 is 1.92 bits per heavy atom. The zero-order valence-corrected chi connectivity index (χ0v) is 14.6. The first-order valence-corrected chi connectivity index (χ1v) is 8.52. The Morgan fingerprint density at radius 3 is 2.60 bits per heavy atom. The Labute approximate surface area is 148 Å². The predicted octanol–water partition coefficient (Wildman–Crippen LogP) is 2.08. The lowest BCUT2D eigenvalue weighted by Crippen LogP contribution is -2.43. The predicted molar refractivity (Wildman–Crippen MR) is 94.9 cm³/mol. The van der Waals surface area contributed by atoms with E-state index in [9.17, 15) is 9.59 Å². The van der Waals surface area contributed by atoms with Gasteiger partial charge in [0.15, 0.2) is 0 Å². The Bertz CT molecular complexity index is 901. The van der Waals surface area contributed by atoms with Gasteiger partial charge < -0.3 is 0 Å². The van der Waals surface area contributed by atoms with Gasteiger partial charge in [0, 0.05) is 16.6 Å². The minimum Gasteiger partial charge on any atom is -0.271 e. The van der Waals surface area contributed by atoms with Crippen molar-refractivity contribution in [3.8, 4) is 10.6 Å². The zero-order chi connectivity index (χ0) is 17.8. The SMILES string of the molecule is Cc1cc(C)n(CC(=O)NNC(=O)c2csc(-c3ccccc3)n2)n1. The van der Waals surface area contributed by atoms with E-state index in [-0.39, 0.29) is 18.1 Å². The summed E-state index contributed by atoms with van der Waals surface area (Å²) in [6.07, 6.45) is 0. The highest BCUT2D eigenvalue weighted by atomic mass is 32.1. The summed E-state index contributed by atoms with van der Waals surface area (Å²) in [5, 5.41) is 6.61. The first-order valence-electron chi connectivity index (χ1n) is 7.64. The number of thiazole rings is 1. The third kappa shape index (κ3) is 4.10. The lowest BCUT2D eigenvalue weighted by molar-refractivity contribution is -0.122. The normalized spacial score (nSPS) is 10.5. The van der Waals surface area contributed by atoms with Crippen molar-refractivity contribution in [2.45, 2.75) is 20.4 Å². The Kier molecular flexibility index (Phi) is 4.90. The molecule has 0 bridgehead atoms. The molecule has 2 heterocycles. The van der Waals surface area contributed by atoms with Gasteiger partial charge in [0.25, 0.3) is 11.8 Å². The smallest absolute Gasteiger partial charge is 0.271 e. The van der Waals surface area contributed by atoms with Crippen molar-refractivity contribution in [1.82, 2.24) is 25.6 Å². The van der Waals surface area contributed by atoms with E-state index >= 15 is 0 Å². The highest BCUT2D eigenvalue weighted by Gasteiger charge is 2.13. The maximum Gasteiger partial charge on any atom is 0.289 e. The van der Waals surface area contributed by atoms with Gasteiger partial charge in [-0.3, -0.25) is 25.1 Å². The van der Waals surface area contributed by atoms with Crippen molar-refractivity contribution in [1.29, 1.82) is 0 Å². The number of aromatic nitrogens is 3. The molecule has 0 spiro atoms. The molecule has 0 saturated carbocycles. The van der Waals surface area contributed by atoms with Crippen LogP contribution in [0.4, 0.5) is 0 Å². The summed E-state index contributed by atoms with van der Waals surface area (Å²) in [5.74, 6) is -0.821. The van der Waals surface area contributed by atoms with Crippen LogP contribution in [0, 0.1) is 13.8 Å². The van der Waals surface area contributed by atoms with Crippen molar-refractivity contribution >= 4 is 23.2 Å². The molecule has 2 aromatic heterocycles. The summed E-state index contributed by atoms with van der Waals surface area (Å²) in [6.45, 7) is 3.76. The molecule has 0 aliphatic rings. The van der Waals surface area contributed by atoms with Crippen LogP contribution in [0.25, 0.3) is 10.6 Å². The third-order valence-electron chi connectivity index (χ3n) is 3.47. The largest absolute Gasteiger partial charge is 0.289 e. The second-order valence-electron chi connectivity index (χ2n) is 5.49. The van der Waals surface area contributed by atoms with E-state index in [1.54, 1.807) is 10.1 Å². The number of benzene rings is 1. The minimum absolute atomic E-state index is 0.0340. The van der Waals surface area contributed by atoms with E-state index in [0.717, 1.165) is 22.0 Å². The average Bonchev–Trinajstić information content (AvgIpc) is 3.21. The number of rotatable bonds is 4. The van der Waals surface area contributed by atoms with Gasteiger partial charge in [0.2, 0.25) is 0 Å². The van der Waals surface area contributed by atoms with E-state index in [0.29, 0.717) is 0 Å². The van der Waals surface area contributed by atoms with Crippen LogP contribution in [0.5, 0.6) is 0 Å². The Hall–Kier alpha value is -3.00. The van der Waals surface area contributed by atoms with Gasteiger partial charge in [0.05, 0.1) is 5.69 Å². The molecule has 0 aliphatic carbocycles. The molecule has 3 rings (SSSR count). The van der Waals surface area contributed by atoms with Crippen molar-refractivity contribution in [3.05, 3.63) is 58.9 Å². The van der Waals surface area contributed by atoms with Gasteiger partial charge in [-0.05, 0) is 19.9 Å². The van der Waals surface area contributed by atoms with E-state index in [2.05, 4.69) is 20.9 Å². The van der Waals surface area contributed by atoms with Crippen molar-refractivity contribution in [2.75, 3.05) is 0 Å². The number of carbonyl (C=O) groups excluding carboxylic acids is 2. The average molecular weight is 355 g/mol. The molecule has 0 atom stereocenters. The molecule has 0 aliphatic heterocycles. The molecule has 2 N–H and O–H groups in total. The first-order chi connectivity index (χ1) is 12.0. The Morgan fingerprint density at radius 1 is 1.16 bits per heavy atom. The molecule has 0 unspecified atom stereocenters. The second kappa shape index (κ2) is 7.27. The molecule has 1 aromatic carbocycles. The van der Waals surface area contributed by atoms with Gasteiger partial charge in [-0.1, -0.05) is 30.3 Å². The highest BCUT2D eigenvalue weighted by Crippen LogP contribution is 2.23. The van der Waals surface area contributed by atoms with Crippen LogP contribution >= 0.6 is 11.3 Å². The van der Waals surface area contributed by atoms with Gasteiger partial charge in [-0.15, -0.1) is 11.3 Å². The summed E-state index contributed by atoms with van der Waals surface area (Å²) >= 11 is 1.37. The zero-order valence-electron chi connectivity index (χ0n) is 13.8. The van der Waals surface area contributed by atoms with E-state index in [1.165, 1.54) is 11.3 Å². The molecule has 8 heteroatoms. The standard InChI is InChI=1S/C17H17N5O2S/c1-11-8-12(2)22(21-11)9-15(23)19-20-16(24)14-10-25-17(18-14)13-6-4-3-5-7-13/h3-8,10H,9H2,1-2H3,(H,19,23)(H,20,24). The number of hydrazine groups is 1. The maximum absolute atomic E-state index is 12.1. The van der Waals surface area contributed by atoms with Gasteiger partial charge >= 0.3 is 0 Å². The molecule has 128 valence electrons. The fraction of sp³-hybridized carbons (Fsp3) is 0.176. The molecule has 7 nitrogen and oxygen atoms in total.